The van der Waals surface area contributed by atoms with Gasteiger partial charge in [0.1, 0.15) is 0 Å². The zero-order valence-electron chi connectivity index (χ0n) is 8.58. The molecule has 1 aromatic carbocycles. The molecule has 0 bridgehead atoms. The van der Waals surface area contributed by atoms with Crippen LogP contribution in [-0.4, -0.2) is 9.57 Å². The van der Waals surface area contributed by atoms with Crippen molar-refractivity contribution in [1.29, 1.82) is 0 Å². The molecule has 80 valence electrons. The van der Waals surface area contributed by atoms with Gasteiger partial charge in [0.05, 0.1) is 0 Å². The number of halogens is 2. The lowest BCUT2D eigenvalue weighted by atomic mass is 10.0. The van der Waals surface area contributed by atoms with Gasteiger partial charge in [0, 0.05) is 12.1 Å². The summed E-state index contributed by atoms with van der Waals surface area (Å²) in [5.74, 6) is 0.482. The van der Waals surface area contributed by atoms with Gasteiger partial charge in [0.25, 0.3) is 0 Å². The minimum atomic E-state index is -0.322. The topological polar surface area (TPSA) is 12.4 Å². The van der Waals surface area contributed by atoms with E-state index in [-0.39, 0.29) is 3.36 Å². The molecule has 15 heavy (non-hydrogen) atoms. The predicted molar refractivity (Wildman–Crippen MR) is 72.3 cm³/mol. The fraction of sp³-hybridized carbons (Fsp3) is 0.417. The van der Waals surface area contributed by atoms with Crippen molar-refractivity contribution in [2.45, 2.75) is 29.0 Å². The molecule has 0 spiro atoms. The quantitative estimate of drug-likeness (QED) is 0.436. The first kappa shape index (κ1) is 11.3. The number of nitrogens with zero attached hydrogens (tertiary/aromatic N) is 1. The summed E-state index contributed by atoms with van der Waals surface area (Å²) in [5.41, 5.74) is 2.91. The van der Waals surface area contributed by atoms with Gasteiger partial charge in [-0.25, -0.2) is 0 Å². The van der Waals surface area contributed by atoms with Gasteiger partial charge < -0.3 is 0 Å². The summed E-state index contributed by atoms with van der Waals surface area (Å²) in [6.45, 7) is 1.98. The molecule has 0 saturated heterocycles. The van der Waals surface area contributed by atoms with E-state index in [4.69, 9.17) is 0 Å². The smallest absolute Gasteiger partial charge is 0.166 e. The number of benzene rings is 1. The van der Waals surface area contributed by atoms with Gasteiger partial charge in [0.2, 0.25) is 0 Å². The predicted octanol–water partition coefficient (Wildman–Crippen LogP) is 4.25. The molecular formula is C12H13Br2N. The van der Waals surface area contributed by atoms with Gasteiger partial charge in [-0.15, -0.1) is 0 Å². The molecule has 0 radical (unpaired) electrons. The molecule has 0 aromatic heterocycles. The van der Waals surface area contributed by atoms with Crippen molar-refractivity contribution in [3.8, 4) is 0 Å². The maximum Gasteiger partial charge on any atom is 0.166 e. The highest BCUT2D eigenvalue weighted by Gasteiger charge is 2.21. The van der Waals surface area contributed by atoms with Crippen molar-refractivity contribution < 1.29 is 0 Å². The van der Waals surface area contributed by atoms with E-state index in [2.05, 4.69) is 67.3 Å². The molecular weight excluding hydrogens is 318 g/mol. The Hall–Kier alpha value is -0.150. The number of alkyl halides is 2. The summed E-state index contributed by atoms with van der Waals surface area (Å²) < 4.78 is -0.322. The molecule has 1 atom stereocenters. The molecule has 1 nitrogen and oxygen atoms in total. The summed E-state index contributed by atoms with van der Waals surface area (Å²) in [5, 5.41) is 0. The van der Waals surface area contributed by atoms with E-state index in [0.29, 0.717) is 5.92 Å². The van der Waals surface area contributed by atoms with Crippen LogP contribution in [0.1, 0.15) is 30.4 Å². The second kappa shape index (κ2) is 4.38. The Bertz CT molecular complexity index is 379. The third-order valence-electron chi connectivity index (χ3n) is 2.66. The lowest BCUT2D eigenvalue weighted by Gasteiger charge is -2.10. The Balaban J connectivity index is 2.18. The third kappa shape index (κ3) is 2.91. The molecule has 0 heterocycles. The molecule has 0 fully saturated rings. The van der Waals surface area contributed by atoms with Crippen molar-refractivity contribution >= 4 is 38.1 Å². The van der Waals surface area contributed by atoms with Crippen molar-refractivity contribution in [2.24, 2.45) is 4.99 Å². The molecule has 2 rings (SSSR count). The first-order chi connectivity index (χ1) is 7.06. The summed E-state index contributed by atoms with van der Waals surface area (Å²) in [6, 6.07) is 8.63. The van der Waals surface area contributed by atoms with E-state index >= 15 is 0 Å². The SMILES string of the molecule is CC(Br)(Br)N=CC1CCc2ccccc21. The highest BCUT2D eigenvalue weighted by Crippen LogP contribution is 2.33. The van der Waals surface area contributed by atoms with Crippen LogP contribution in [0.4, 0.5) is 0 Å². The van der Waals surface area contributed by atoms with Crippen molar-refractivity contribution in [2.75, 3.05) is 0 Å². The second-order valence-corrected chi connectivity index (χ2v) is 8.12. The van der Waals surface area contributed by atoms with E-state index in [1.807, 2.05) is 6.92 Å². The van der Waals surface area contributed by atoms with Crippen LogP contribution >= 0.6 is 31.9 Å². The Kier molecular flexibility index (Phi) is 3.31. The molecule has 0 saturated carbocycles. The molecule has 1 aromatic rings. The average Bonchev–Trinajstić information content (AvgIpc) is 2.57. The molecule has 1 aliphatic rings. The maximum atomic E-state index is 4.45. The highest BCUT2D eigenvalue weighted by atomic mass is 79.9. The first-order valence-electron chi connectivity index (χ1n) is 5.07. The normalized spacial score (nSPS) is 20.9. The Labute approximate surface area is 107 Å². The number of aryl methyl sites for hydroxylation is 1. The molecule has 0 aliphatic heterocycles. The van der Waals surface area contributed by atoms with Gasteiger partial charge in [-0.3, -0.25) is 4.99 Å². The largest absolute Gasteiger partial charge is 0.267 e. The average molecular weight is 331 g/mol. The van der Waals surface area contributed by atoms with Crippen LogP contribution in [0.15, 0.2) is 29.3 Å². The van der Waals surface area contributed by atoms with E-state index in [0.717, 1.165) is 0 Å². The van der Waals surface area contributed by atoms with Crippen LogP contribution in [0, 0.1) is 0 Å². The fourth-order valence-electron chi connectivity index (χ4n) is 1.97. The molecule has 0 amide bonds. The molecule has 1 aliphatic carbocycles. The lowest BCUT2D eigenvalue weighted by molar-refractivity contribution is 0.850. The minimum absolute atomic E-state index is 0.322. The Morgan fingerprint density at radius 3 is 2.87 bits per heavy atom. The van der Waals surface area contributed by atoms with Gasteiger partial charge in [-0.1, -0.05) is 24.3 Å². The number of hydrogen-bond donors (Lipinski definition) is 0. The summed E-state index contributed by atoms with van der Waals surface area (Å²) in [7, 11) is 0. The van der Waals surface area contributed by atoms with Crippen molar-refractivity contribution in [1.82, 2.24) is 0 Å². The zero-order chi connectivity index (χ0) is 10.9. The number of fused-ring (bicyclic) bond motifs is 1. The minimum Gasteiger partial charge on any atom is -0.267 e. The van der Waals surface area contributed by atoms with Crippen LogP contribution in [0.5, 0.6) is 0 Å². The molecule has 1 unspecified atom stereocenters. The maximum absolute atomic E-state index is 4.45. The standard InChI is InChI=1S/C12H13Br2N/c1-12(13,14)15-8-10-7-6-9-4-2-3-5-11(9)10/h2-5,8,10H,6-7H2,1H3. The monoisotopic (exact) mass is 329 g/mol. The van der Waals surface area contributed by atoms with Crippen LogP contribution < -0.4 is 0 Å². The van der Waals surface area contributed by atoms with Crippen LogP contribution in [0.3, 0.4) is 0 Å². The van der Waals surface area contributed by atoms with E-state index < -0.39 is 0 Å². The number of hydrogen-bond acceptors (Lipinski definition) is 1. The number of aliphatic imine (C=N–C) groups is 1. The van der Waals surface area contributed by atoms with E-state index in [1.54, 1.807) is 0 Å². The van der Waals surface area contributed by atoms with Crippen molar-refractivity contribution in [3.05, 3.63) is 35.4 Å². The molecule has 0 N–H and O–H groups in total. The van der Waals surface area contributed by atoms with Crippen LogP contribution in [-0.2, 0) is 6.42 Å². The zero-order valence-corrected chi connectivity index (χ0v) is 11.8. The van der Waals surface area contributed by atoms with Crippen LogP contribution in [0.25, 0.3) is 0 Å². The van der Waals surface area contributed by atoms with Gasteiger partial charge in [0.15, 0.2) is 3.36 Å². The Morgan fingerprint density at radius 2 is 2.13 bits per heavy atom. The highest BCUT2D eigenvalue weighted by molar-refractivity contribution is 9.25. The van der Waals surface area contributed by atoms with Gasteiger partial charge in [-0.2, -0.15) is 0 Å². The summed E-state index contributed by atoms with van der Waals surface area (Å²) >= 11 is 6.89. The van der Waals surface area contributed by atoms with E-state index in [1.165, 1.54) is 24.0 Å². The summed E-state index contributed by atoms with van der Waals surface area (Å²) in [4.78, 5) is 4.45. The summed E-state index contributed by atoms with van der Waals surface area (Å²) in [6.07, 6.45) is 4.41. The number of rotatable bonds is 2. The Morgan fingerprint density at radius 1 is 1.40 bits per heavy atom. The lowest BCUT2D eigenvalue weighted by Crippen LogP contribution is -2.03. The first-order valence-corrected chi connectivity index (χ1v) is 6.66. The second-order valence-electron chi connectivity index (χ2n) is 3.96. The van der Waals surface area contributed by atoms with Crippen molar-refractivity contribution in [3.63, 3.8) is 0 Å². The van der Waals surface area contributed by atoms with Gasteiger partial charge in [-0.05, 0) is 62.8 Å². The van der Waals surface area contributed by atoms with Gasteiger partial charge >= 0.3 is 0 Å². The van der Waals surface area contributed by atoms with E-state index in [9.17, 15) is 0 Å². The molecule has 3 heteroatoms. The van der Waals surface area contributed by atoms with Crippen LogP contribution in [0.2, 0.25) is 0 Å². The fourth-order valence-corrected chi connectivity index (χ4v) is 2.20. The third-order valence-corrected chi connectivity index (χ3v) is 3.07.